The smallest absolute Gasteiger partial charge is 0.227 e. The Kier molecular flexibility index (Phi) is 7.41. The first-order valence-electron chi connectivity index (χ1n) is 9.40. The van der Waals surface area contributed by atoms with Crippen LogP contribution in [-0.2, 0) is 9.59 Å². The van der Waals surface area contributed by atoms with E-state index >= 15 is 0 Å². The number of hydrogen-bond donors (Lipinski definition) is 1. The lowest BCUT2D eigenvalue weighted by molar-refractivity contribution is -0.138. The van der Waals surface area contributed by atoms with Crippen molar-refractivity contribution in [3.05, 3.63) is 30.1 Å². The quantitative estimate of drug-likeness (QED) is 0.802. The van der Waals surface area contributed by atoms with Gasteiger partial charge in [0.05, 0.1) is 0 Å². The minimum atomic E-state index is -0.362. The molecular weight excluding hydrogens is 319 g/mol. The highest BCUT2D eigenvalue weighted by molar-refractivity contribution is 5.92. The predicted octanol–water partition coefficient (Wildman–Crippen LogP) is 4.22. The molecule has 1 saturated carbocycles. The molecule has 1 aromatic rings. The van der Waals surface area contributed by atoms with E-state index in [0.29, 0.717) is 18.5 Å². The van der Waals surface area contributed by atoms with E-state index in [1.165, 1.54) is 12.1 Å². The lowest BCUT2D eigenvalue weighted by Crippen LogP contribution is -2.39. The lowest BCUT2D eigenvalue weighted by atomic mass is 9.80. The molecule has 25 heavy (non-hydrogen) atoms. The average molecular weight is 348 g/mol. The van der Waals surface area contributed by atoms with Gasteiger partial charge in [-0.1, -0.05) is 19.9 Å². The Labute approximate surface area is 149 Å². The second kappa shape index (κ2) is 9.54. The molecule has 1 aliphatic rings. The highest BCUT2D eigenvalue weighted by Crippen LogP contribution is 2.31. The molecule has 0 radical (unpaired) electrons. The molecule has 5 heteroatoms. The normalized spacial score (nSPS) is 20.1. The third-order valence-corrected chi connectivity index (χ3v) is 4.84. The minimum Gasteiger partial charge on any atom is -0.342 e. The fourth-order valence-corrected chi connectivity index (χ4v) is 3.54. The van der Waals surface area contributed by atoms with Crippen molar-refractivity contribution in [2.24, 2.45) is 11.8 Å². The maximum atomic E-state index is 13.2. The lowest BCUT2D eigenvalue weighted by Gasteiger charge is -2.31. The fraction of sp³-hybridized carbons (Fsp3) is 0.600. The van der Waals surface area contributed by atoms with E-state index in [4.69, 9.17) is 0 Å². The highest BCUT2D eigenvalue weighted by Gasteiger charge is 2.31. The number of benzene rings is 1. The molecule has 138 valence electrons. The van der Waals surface area contributed by atoms with Crippen LogP contribution < -0.4 is 5.32 Å². The predicted molar refractivity (Wildman–Crippen MR) is 97.6 cm³/mol. The molecule has 1 aliphatic carbocycles. The van der Waals surface area contributed by atoms with Crippen molar-refractivity contribution in [2.45, 2.75) is 52.4 Å². The molecule has 0 saturated heterocycles. The maximum Gasteiger partial charge on any atom is 0.227 e. The molecule has 4 nitrogen and oxygen atoms in total. The number of halogens is 1. The summed E-state index contributed by atoms with van der Waals surface area (Å²) in [5.41, 5.74) is 0.486. The van der Waals surface area contributed by atoms with Crippen molar-refractivity contribution < 1.29 is 14.0 Å². The Bertz CT molecular complexity index is 577. The summed E-state index contributed by atoms with van der Waals surface area (Å²) in [5.74, 6) is -0.253. The van der Waals surface area contributed by atoms with Crippen molar-refractivity contribution in [1.82, 2.24) is 4.90 Å². The van der Waals surface area contributed by atoms with Crippen LogP contribution in [0.3, 0.4) is 0 Å². The molecule has 0 spiro atoms. The molecule has 1 fully saturated rings. The molecule has 1 aromatic carbocycles. The fourth-order valence-electron chi connectivity index (χ4n) is 3.54. The van der Waals surface area contributed by atoms with Crippen molar-refractivity contribution in [1.29, 1.82) is 0 Å². The van der Waals surface area contributed by atoms with Crippen LogP contribution in [0.5, 0.6) is 0 Å². The number of amides is 2. The largest absolute Gasteiger partial charge is 0.342 e. The van der Waals surface area contributed by atoms with Crippen LogP contribution in [0.4, 0.5) is 10.1 Å². The van der Waals surface area contributed by atoms with Crippen LogP contribution in [0.15, 0.2) is 24.3 Å². The monoisotopic (exact) mass is 348 g/mol. The first kappa shape index (κ1) is 19.4. The number of nitrogens with zero attached hydrogens (tertiary/aromatic N) is 1. The Balaban J connectivity index is 1.85. The Morgan fingerprint density at radius 1 is 1.08 bits per heavy atom. The molecule has 0 heterocycles. The SMILES string of the molecule is CCCN(CCC)C(=O)C1CCC(C(=O)Nc2cccc(F)c2)CC1. The molecule has 0 bridgehead atoms. The van der Waals surface area contributed by atoms with Gasteiger partial charge < -0.3 is 10.2 Å². The van der Waals surface area contributed by atoms with Gasteiger partial charge in [-0.3, -0.25) is 9.59 Å². The molecule has 2 amide bonds. The molecular formula is C20H29FN2O2. The molecule has 0 atom stereocenters. The zero-order chi connectivity index (χ0) is 18.2. The summed E-state index contributed by atoms with van der Waals surface area (Å²) in [5, 5.41) is 2.79. The van der Waals surface area contributed by atoms with Gasteiger partial charge in [-0.2, -0.15) is 0 Å². The summed E-state index contributed by atoms with van der Waals surface area (Å²) in [4.78, 5) is 27.0. The number of anilines is 1. The Morgan fingerprint density at radius 2 is 1.68 bits per heavy atom. The van der Waals surface area contributed by atoms with Crippen molar-refractivity contribution in [3.63, 3.8) is 0 Å². The van der Waals surface area contributed by atoms with Crippen LogP contribution in [0.1, 0.15) is 52.4 Å². The highest BCUT2D eigenvalue weighted by atomic mass is 19.1. The molecule has 1 N–H and O–H groups in total. The van der Waals surface area contributed by atoms with Crippen LogP contribution in [0, 0.1) is 17.7 Å². The van der Waals surface area contributed by atoms with Gasteiger partial charge >= 0.3 is 0 Å². The van der Waals surface area contributed by atoms with E-state index in [1.807, 2.05) is 4.90 Å². The van der Waals surface area contributed by atoms with Gasteiger partial charge in [0.15, 0.2) is 0 Å². The zero-order valence-corrected chi connectivity index (χ0v) is 15.3. The average Bonchev–Trinajstić information content (AvgIpc) is 2.61. The van der Waals surface area contributed by atoms with Gasteiger partial charge in [0.1, 0.15) is 5.82 Å². The first-order valence-corrected chi connectivity index (χ1v) is 9.40. The van der Waals surface area contributed by atoms with Gasteiger partial charge in [0.25, 0.3) is 0 Å². The topological polar surface area (TPSA) is 49.4 Å². The standard InChI is InChI=1S/C20H29FN2O2/c1-3-12-23(13-4-2)20(25)16-10-8-15(9-11-16)19(24)22-18-7-5-6-17(21)14-18/h5-7,14-16H,3-4,8-13H2,1-2H3,(H,22,24). The molecule has 2 rings (SSSR count). The first-order chi connectivity index (χ1) is 12.0. The maximum absolute atomic E-state index is 13.2. The van der Waals surface area contributed by atoms with Crippen LogP contribution >= 0.6 is 0 Å². The van der Waals surface area contributed by atoms with Gasteiger partial charge in [-0.15, -0.1) is 0 Å². The molecule has 0 unspecified atom stereocenters. The van der Waals surface area contributed by atoms with Gasteiger partial charge in [-0.25, -0.2) is 4.39 Å². The Hall–Kier alpha value is -1.91. The van der Waals surface area contributed by atoms with Gasteiger partial charge in [0, 0.05) is 30.6 Å². The van der Waals surface area contributed by atoms with E-state index in [0.717, 1.165) is 38.8 Å². The summed E-state index contributed by atoms with van der Waals surface area (Å²) >= 11 is 0. The zero-order valence-electron chi connectivity index (χ0n) is 15.3. The van der Waals surface area contributed by atoms with E-state index in [1.54, 1.807) is 12.1 Å². The van der Waals surface area contributed by atoms with Crippen LogP contribution in [0.2, 0.25) is 0 Å². The summed E-state index contributed by atoms with van der Waals surface area (Å²) in [6.07, 6.45) is 4.87. The third kappa shape index (κ3) is 5.55. The van der Waals surface area contributed by atoms with Crippen LogP contribution in [0.25, 0.3) is 0 Å². The summed E-state index contributed by atoms with van der Waals surface area (Å²) in [7, 11) is 0. The number of carbonyl (C=O) groups is 2. The number of hydrogen-bond acceptors (Lipinski definition) is 2. The van der Waals surface area contributed by atoms with Crippen molar-refractivity contribution in [3.8, 4) is 0 Å². The summed E-state index contributed by atoms with van der Waals surface area (Å²) in [6.45, 7) is 5.80. The number of rotatable bonds is 7. The van der Waals surface area contributed by atoms with Gasteiger partial charge in [0.2, 0.25) is 11.8 Å². The van der Waals surface area contributed by atoms with E-state index in [9.17, 15) is 14.0 Å². The van der Waals surface area contributed by atoms with Crippen molar-refractivity contribution in [2.75, 3.05) is 18.4 Å². The van der Waals surface area contributed by atoms with Crippen molar-refractivity contribution >= 4 is 17.5 Å². The second-order valence-electron chi connectivity index (χ2n) is 6.87. The molecule has 0 aliphatic heterocycles. The third-order valence-electron chi connectivity index (χ3n) is 4.84. The Morgan fingerprint density at radius 3 is 2.24 bits per heavy atom. The van der Waals surface area contributed by atoms with E-state index < -0.39 is 0 Å². The molecule has 0 aromatic heterocycles. The summed E-state index contributed by atoms with van der Waals surface area (Å²) in [6, 6.07) is 5.94. The van der Waals surface area contributed by atoms with Crippen LogP contribution in [-0.4, -0.2) is 29.8 Å². The number of nitrogens with one attached hydrogen (secondary N) is 1. The van der Waals surface area contributed by atoms with E-state index in [2.05, 4.69) is 19.2 Å². The minimum absolute atomic E-state index is 0.0383. The second-order valence-corrected chi connectivity index (χ2v) is 6.87. The van der Waals surface area contributed by atoms with E-state index in [-0.39, 0.29) is 29.5 Å². The van der Waals surface area contributed by atoms with Gasteiger partial charge in [-0.05, 0) is 56.7 Å². The number of carbonyl (C=O) groups excluding carboxylic acids is 2. The summed E-state index contributed by atoms with van der Waals surface area (Å²) < 4.78 is 13.2.